The molecule has 1 heterocycles. The van der Waals surface area contributed by atoms with Crippen molar-refractivity contribution in [1.29, 1.82) is 0 Å². The number of likely N-dealkylation sites (tertiary alicyclic amines) is 1. The van der Waals surface area contributed by atoms with Crippen molar-refractivity contribution >= 4 is 23.2 Å². The van der Waals surface area contributed by atoms with Crippen molar-refractivity contribution in [2.24, 2.45) is 0 Å². The highest BCUT2D eigenvalue weighted by atomic mass is 16.6. The van der Waals surface area contributed by atoms with Crippen molar-refractivity contribution in [3.8, 4) is 0 Å². The maximum atomic E-state index is 13.0. The summed E-state index contributed by atoms with van der Waals surface area (Å²) in [5.41, 5.74) is 1.24. The van der Waals surface area contributed by atoms with Gasteiger partial charge in [0.2, 0.25) is 0 Å². The summed E-state index contributed by atoms with van der Waals surface area (Å²) in [4.78, 5) is 38.2. The first-order valence-electron chi connectivity index (χ1n) is 9.42. The molecule has 1 aliphatic rings. The molecule has 2 aromatic rings. The number of nitrogens with one attached hydrogen (secondary N) is 1. The standard InChI is InChI=1S/C21H23N3O4/c1-15-16(10-8-12-19(15)24(27)28)20(25)22-18-11-5-4-9-17(18)21(26)23-13-6-2-3-7-14-23/h4-5,8-12H,2-3,6-7,13-14H2,1H3,(H,22,25). The van der Waals surface area contributed by atoms with E-state index in [1.807, 2.05) is 4.90 Å². The third kappa shape index (κ3) is 4.19. The minimum atomic E-state index is -0.511. The third-order valence-electron chi connectivity index (χ3n) is 5.05. The zero-order chi connectivity index (χ0) is 20.1. The topological polar surface area (TPSA) is 92.6 Å². The Hall–Kier alpha value is -3.22. The Kier molecular flexibility index (Phi) is 6.03. The Morgan fingerprint density at radius 2 is 1.61 bits per heavy atom. The van der Waals surface area contributed by atoms with Crippen LogP contribution in [0.1, 0.15) is 52.0 Å². The fourth-order valence-electron chi connectivity index (χ4n) is 3.48. The molecule has 0 spiro atoms. The highest BCUT2D eigenvalue weighted by molar-refractivity contribution is 6.09. The normalized spacial score (nSPS) is 14.2. The molecule has 0 bridgehead atoms. The van der Waals surface area contributed by atoms with E-state index < -0.39 is 10.8 Å². The second kappa shape index (κ2) is 8.65. The number of nitro benzene ring substituents is 1. The van der Waals surface area contributed by atoms with E-state index in [4.69, 9.17) is 0 Å². The molecule has 0 aliphatic carbocycles. The van der Waals surface area contributed by atoms with E-state index in [1.165, 1.54) is 18.2 Å². The minimum Gasteiger partial charge on any atom is -0.339 e. The molecule has 3 rings (SSSR count). The van der Waals surface area contributed by atoms with Gasteiger partial charge in [-0.3, -0.25) is 19.7 Å². The van der Waals surface area contributed by atoms with Gasteiger partial charge in [0.15, 0.2) is 0 Å². The van der Waals surface area contributed by atoms with Gasteiger partial charge in [-0.15, -0.1) is 0 Å². The van der Waals surface area contributed by atoms with Crippen LogP contribution in [0.2, 0.25) is 0 Å². The number of para-hydroxylation sites is 1. The number of rotatable bonds is 4. The van der Waals surface area contributed by atoms with Crippen LogP contribution in [0.4, 0.5) is 11.4 Å². The highest BCUT2D eigenvalue weighted by Crippen LogP contribution is 2.24. The molecule has 146 valence electrons. The molecule has 7 heteroatoms. The molecule has 28 heavy (non-hydrogen) atoms. The summed E-state index contributed by atoms with van der Waals surface area (Å²) in [6.45, 7) is 2.97. The van der Waals surface area contributed by atoms with Crippen LogP contribution >= 0.6 is 0 Å². The Morgan fingerprint density at radius 3 is 2.29 bits per heavy atom. The fraction of sp³-hybridized carbons (Fsp3) is 0.333. The maximum absolute atomic E-state index is 13.0. The smallest absolute Gasteiger partial charge is 0.273 e. The molecule has 1 saturated heterocycles. The van der Waals surface area contributed by atoms with E-state index >= 15 is 0 Å². The van der Waals surface area contributed by atoms with Gasteiger partial charge in [0, 0.05) is 30.3 Å². The lowest BCUT2D eigenvalue weighted by atomic mass is 10.1. The molecule has 0 saturated carbocycles. The van der Waals surface area contributed by atoms with Crippen molar-refractivity contribution in [3.05, 3.63) is 69.3 Å². The monoisotopic (exact) mass is 381 g/mol. The second-order valence-corrected chi connectivity index (χ2v) is 6.91. The van der Waals surface area contributed by atoms with Gasteiger partial charge in [0.25, 0.3) is 17.5 Å². The van der Waals surface area contributed by atoms with Crippen molar-refractivity contribution in [2.75, 3.05) is 18.4 Å². The van der Waals surface area contributed by atoms with E-state index in [1.54, 1.807) is 31.2 Å². The first-order valence-corrected chi connectivity index (χ1v) is 9.42. The van der Waals surface area contributed by atoms with Crippen LogP contribution < -0.4 is 5.32 Å². The van der Waals surface area contributed by atoms with Crippen molar-refractivity contribution in [3.63, 3.8) is 0 Å². The van der Waals surface area contributed by atoms with Crippen LogP contribution in [-0.4, -0.2) is 34.7 Å². The molecular formula is C21H23N3O4. The largest absolute Gasteiger partial charge is 0.339 e. The predicted octanol–water partition coefficient (Wildman–Crippen LogP) is 4.17. The van der Waals surface area contributed by atoms with Crippen molar-refractivity contribution in [2.45, 2.75) is 32.6 Å². The van der Waals surface area contributed by atoms with Gasteiger partial charge in [-0.05, 0) is 38.0 Å². The fourth-order valence-corrected chi connectivity index (χ4v) is 3.48. The Morgan fingerprint density at radius 1 is 0.964 bits per heavy atom. The van der Waals surface area contributed by atoms with Crippen LogP contribution in [0.3, 0.4) is 0 Å². The van der Waals surface area contributed by atoms with E-state index in [2.05, 4.69) is 5.32 Å². The summed E-state index contributed by atoms with van der Waals surface area (Å²) in [5, 5.41) is 13.9. The van der Waals surface area contributed by atoms with Gasteiger partial charge in [-0.25, -0.2) is 0 Å². The third-order valence-corrected chi connectivity index (χ3v) is 5.05. The quantitative estimate of drug-likeness (QED) is 0.635. The Balaban J connectivity index is 1.86. The molecule has 1 N–H and O–H groups in total. The predicted molar refractivity (Wildman–Crippen MR) is 107 cm³/mol. The average molecular weight is 381 g/mol. The summed E-state index contributed by atoms with van der Waals surface area (Å²) in [6, 6.07) is 11.3. The SMILES string of the molecule is Cc1c(C(=O)Nc2ccccc2C(=O)N2CCCCCC2)cccc1[N+](=O)[O-]. The number of amides is 2. The maximum Gasteiger partial charge on any atom is 0.273 e. The summed E-state index contributed by atoms with van der Waals surface area (Å²) in [7, 11) is 0. The zero-order valence-electron chi connectivity index (χ0n) is 15.8. The van der Waals surface area contributed by atoms with Gasteiger partial charge >= 0.3 is 0 Å². The number of nitrogens with zero attached hydrogens (tertiary/aromatic N) is 2. The van der Waals surface area contributed by atoms with Crippen LogP contribution in [0, 0.1) is 17.0 Å². The summed E-state index contributed by atoms with van der Waals surface area (Å²) in [5.74, 6) is -0.578. The molecule has 2 aromatic carbocycles. The summed E-state index contributed by atoms with van der Waals surface area (Å²) >= 11 is 0. The number of carbonyl (C=O) groups excluding carboxylic acids is 2. The van der Waals surface area contributed by atoms with Crippen molar-refractivity contribution < 1.29 is 14.5 Å². The first kappa shape index (κ1) is 19.5. The van der Waals surface area contributed by atoms with E-state index in [0.717, 1.165) is 25.7 Å². The number of carbonyl (C=O) groups is 2. The molecule has 0 radical (unpaired) electrons. The highest BCUT2D eigenvalue weighted by Gasteiger charge is 2.22. The zero-order valence-corrected chi connectivity index (χ0v) is 15.8. The summed E-state index contributed by atoms with van der Waals surface area (Å²) < 4.78 is 0. The van der Waals surface area contributed by atoms with Crippen molar-refractivity contribution in [1.82, 2.24) is 4.90 Å². The van der Waals surface area contributed by atoms with E-state index in [0.29, 0.717) is 29.9 Å². The molecule has 0 unspecified atom stereocenters. The van der Waals surface area contributed by atoms with Crippen LogP contribution in [0.15, 0.2) is 42.5 Å². The van der Waals surface area contributed by atoms with Gasteiger partial charge in [0.05, 0.1) is 16.2 Å². The van der Waals surface area contributed by atoms with Crippen LogP contribution in [0.25, 0.3) is 0 Å². The van der Waals surface area contributed by atoms with E-state index in [-0.39, 0.29) is 17.2 Å². The number of nitro groups is 1. The molecule has 0 aromatic heterocycles. The van der Waals surface area contributed by atoms with Gasteiger partial charge in [0.1, 0.15) is 0 Å². The Labute approximate surface area is 163 Å². The molecule has 7 nitrogen and oxygen atoms in total. The lowest BCUT2D eigenvalue weighted by molar-refractivity contribution is -0.385. The van der Waals surface area contributed by atoms with Gasteiger partial charge in [-0.2, -0.15) is 0 Å². The second-order valence-electron chi connectivity index (χ2n) is 6.91. The Bertz CT molecular complexity index is 902. The molecular weight excluding hydrogens is 358 g/mol. The van der Waals surface area contributed by atoms with Crippen LogP contribution in [0.5, 0.6) is 0 Å². The minimum absolute atomic E-state index is 0.103. The number of hydrogen-bond acceptors (Lipinski definition) is 4. The van der Waals surface area contributed by atoms with Gasteiger partial charge in [-0.1, -0.05) is 31.0 Å². The molecule has 2 amide bonds. The van der Waals surface area contributed by atoms with Gasteiger partial charge < -0.3 is 10.2 Å². The molecule has 1 aliphatic heterocycles. The molecule has 0 atom stereocenters. The van der Waals surface area contributed by atoms with Crippen LogP contribution in [-0.2, 0) is 0 Å². The number of hydrogen-bond donors (Lipinski definition) is 1. The first-order chi connectivity index (χ1) is 13.5. The molecule has 1 fully saturated rings. The lowest BCUT2D eigenvalue weighted by Gasteiger charge is -2.22. The van der Waals surface area contributed by atoms with E-state index in [9.17, 15) is 19.7 Å². The lowest BCUT2D eigenvalue weighted by Crippen LogP contribution is -2.32. The number of benzene rings is 2. The average Bonchev–Trinajstić information content (AvgIpc) is 2.97. The summed E-state index contributed by atoms with van der Waals surface area (Å²) in [6.07, 6.45) is 4.20. The number of anilines is 1.